The first-order valence-electron chi connectivity index (χ1n) is 9.60. The molecule has 1 saturated heterocycles. The first-order chi connectivity index (χ1) is 12.6. The standard InChI is InChI=1S/C22H28N4/c1-16-7-6-10-23-21(16)15-25(3)17(2)18-8-9-20-19(13-18)14-22(24-20)26-11-4-5-12-26/h6-10,13-14,17,24H,4-5,11-12,15H2,1-3H3. The van der Waals surface area contributed by atoms with E-state index in [1.807, 2.05) is 12.3 Å². The molecule has 0 spiro atoms. The van der Waals surface area contributed by atoms with Crippen LogP contribution in [0.1, 0.15) is 42.6 Å². The summed E-state index contributed by atoms with van der Waals surface area (Å²) in [6.45, 7) is 7.60. The lowest BCUT2D eigenvalue weighted by Gasteiger charge is -2.25. The van der Waals surface area contributed by atoms with Crippen molar-refractivity contribution in [2.75, 3.05) is 25.0 Å². The van der Waals surface area contributed by atoms with Crippen LogP contribution in [-0.2, 0) is 6.54 Å². The number of pyridine rings is 1. The van der Waals surface area contributed by atoms with Crippen molar-refractivity contribution in [3.05, 3.63) is 59.4 Å². The van der Waals surface area contributed by atoms with Crippen LogP contribution in [0.4, 0.5) is 5.82 Å². The van der Waals surface area contributed by atoms with E-state index in [2.05, 4.69) is 71.0 Å². The van der Waals surface area contributed by atoms with Gasteiger partial charge in [0.05, 0.1) is 5.69 Å². The van der Waals surface area contributed by atoms with Gasteiger partial charge in [0.15, 0.2) is 0 Å². The number of H-pyrrole nitrogens is 1. The maximum atomic E-state index is 4.54. The quantitative estimate of drug-likeness (QED) is 0.728. The molecule has 0 bridgehead atoms. The second kappa shape index (κ2) is 7.12. The van der Waals surface area contributed by atoms with Crippen LogP contribution in [0, 0.1) is 6.92 Å². The summed E-state index contributed by atoms with van der Waals surface area (Å²) in [6.07, 6.45) is 4.48. The number of hydrogen-bond donors (Lipinski definition) is 1. The highest BCUT2D eigenvalue weighted by Gasteiger charge is 2.17. The van der Waals surface area contributed by atoms with Crippen molar-refractivity contribution in [3.8, 4) is 0 Å². The number of aromatic nitrogens is 2. The van der Waals surface area contributed by atoms with Gasteiger partial charge in [-0.05, 0) is 69.1 Å². The molecule has 1 aliphatic heterocycles. The van der Waals surface area contributed by atoms with Gasteiger partial charge in [-0.1, -0.05) is 12.1 Å². The summed E-state index contributed by atoms with van der Waals surface area (Å²) in [7, 11) is 2.18. The third-order valence-electron chi connectivity index (χ3n) is 5.74. The Morgan fingerprint density at radius 2 is 2.00 bits per heavy atom. The van der Waals surface area contributed by atoms with E-state index in [9.17, 15) is 0 Å². The SMILES string of the molecule is Cc1cccnc1CN(C)C(C)c1ccc2[nH]c(N3CCCC3)cc2c1. The van der Waals surface area contributed by atoms with Crippen LogP contribution in [0.25, 0.3) is 10.9 Å². The van der Waals surface area contributed by atoms with Crippen LogP contribution in [-0.4, -0.2) is 35.0 Å². The fourth-order valence-corrected chi connectivity index (χ4v) is 3.84. The molecule has 3 aromatic rings. The molecule has 1 unspecified atom stereocenters. The molecule has 0 amide bonds. The molecule has 1 aliphatic rings. The molecule has 0 aliphatic carbocycles. The van der Waals surface area contributed by atoms with Gasteiger partial charge in [0, 0.05) is 42.8 Å². The highest BCUT2D eigenvalue weighted by Crippen LogP contribution is 2.29. The Balaban J connectivity index is 1.54. The first kappa shape index (κ1) is 17.1. The van der Waals surface area contributed by atoms with Gasteiger partial charge in [0.1, 0.15) is 5.82 Å². The molecular formula is C22H28N4. The van der Waals surface area contributed by atoms with Gasteiger partial charge >= 0.3 is 0 Å². The number of fused-ring (bicyclic) bond motifs is 1. The second-order valence-corrected chi connectivity index (χ2v) is 7.55. The molecule has 136 valence electrons. The Hall–Kier alpha value is -2.33. The molecule has 1 aromatic carbocycles. The highest BCUT2D eigenvalue weighted by molar-refractivity contribution is 5.84. The summed E-state index contributed by atoms with van der Waals surface area (Å²) < 4.78 is 0. The maximum absolute atomic E-state index is 4.54. The van der Waals surface area contributed by atoms with Crippen molar-refractivity contribution < 1.29 is 0 Å². The smallest absolute Gasteiger partial charge is 0.106 e. The van der Waals surface area contributed by atoms with Gasteiger partial charge in [-0.15, -0.1) is 0 Å². The molecule has 2 aromatic heterocycles. The topological polar surface area (TPSA) is 35.2 Å². The summed E-state index contributed by atoms with van der Waals surface area (Å²) in [6, 6.07) is 13.6. The minimum atomic E-state index is 0.339. The summed E-state index contributed by atoms with van der Waals surface area (Å²) >= 11 is 0. The molecule has 0 saturated carbocycles. The molecule has 4 nitrogen and oxygen atoms in total. The number of nitrogens with one attached hydrogen (secondary N) is 1. The van der Waals surface area contributed by atoms with E-state index in [-0.39, 0.29) is 0 Å². The number of nitrogens with zero attached hydrogens (tertiary/aromatic N) is 3. The zero-order valence-electron chi connectivity index (χ0n) is 16.0. The third-order valence-corrected chi connectivity index (χ3v) is 5.74. The second-order valence-electron chi connectivity index (χ2n) is 7.55. The van der Waals surface area contributed by atoms with Crippen molar-refractivity contribution in [3.63, 3.8) is 0 Å². The van der Waals surface area contributed by atoms with Crippen molar-refractivity contribution >= 4 is 16.7 Å². The Labute approximate surface area is 155 Å². The molecule has 26 heavy (non-hydrogen) atoms. The van der Waals surface area contributed by atoms with E-state index in [0.29, 0.717) is 6.04 Å². The molecule has 4 rings (SSSR count). The lowest BCUT2D eigenvalue weighted by atomic mass is 10.0. The van der Waals surface area contributed by atoms with Crippen LogP contribution in [0.3, 0.4) is 0 Å². The molecule has 1 atom stereocenters. The van der Waals surface area contributed by atoms with E-state index in [1.165, 1.54) is 53.8 Å². The van der Waals surface area contributed by atoms with Crippen LogP contribution in [0.15, 0.2) is 42.6 Å². The predicted octanol–water partition coefficient (Wildman–Crippen LogP) is 4.66. The first-order valence-corrected chi connectivity index (χ1v) is 9.60. The fourth-order valence-electron chi connectivity index (χ4n) is 3.84. The largest absolute Gasteiger partial charge is 0.358 e. The minimum Gasteiger partial charge on any atom is -0.358 e. The average Bonchev–Trinajstić information content (AvgIpc) is 3.31. The minimum absolute atomic E-state index is 0.339. The van der Waals surface area contributed by atoms with Gasteiger partial charge in [0.25, 0.3) is 0 Å². The van der Waals surface area contributed by atoms with Gasteiger partial charge in [-0.25, -0.2) is 0 Å². The number of rotatable bonds is 5. The van der Waals surface area contributed by atoms with Crippen molar-refractivity contribution in [2.45, 2.75) is 39.3 Å². The van der Waals surface area contributed by atoms with Gasteiger partial charge in [0.2, 0.25) is 0 Å². The summed E-state index contributed by atoms with van der Waals surface area (Å²) in [5, 5.41) is 1.30. The number of anilines is 1. The molecule has 4 heteroatoms. The number of aryl methyl sites for hydroxylation is 1. The Morgan fingerprint density at radius 3 is 2.77 bits per heavy atom. The normalized spacial score (nSPS) is 15.9. The van der Waals surface area contributed by atoms with Crippen molar-refractivity contribution in [1.82, 2.24) is 14.9 Å². The average molecular weight is 348 g/mol. The maximum Gasteiger partial charge on any atom is 0.106 e. The zero-order chi connectivity index (χ0) is 18.1. The van der Waals surface area contributed by atoms with Gasteiger partial charge < -0.3 is 9.88 Å². The Kier molecular flexibility index (Phi) is 4.68. The monoisotopic (exact) mass is 348 g/mol. The number of aromatic amines is 1. The van der Waals surface area contributed by atoms with E-state index in [0.717, 1.165) is 12.2 Å². The molecule has 1 N–H and O–H groups in total. The molecular weight excluding hydrogens is 320 g/mol. The van der Waals surface area contributed by atoms with Crippen LogP contribution in [0.2, 0.25) is 0 Å². The summed E-state index contributed by atoms with van der Waals surface area (Å²) in [5.41, 5.74) is 4.98. The Bertz CT molecular complexity index is 892. The zero-order valence-corrected chi connectivity index (χ0v) is 16.0. The lowest BCUT2D eigenvalue weighted by Crippen LogP contribution is -2.22. The van der Waals surface area contributed by atoms with E-state index < -0.39 is 0 Å². The predicted molar refractivity (Wildman–Crippen MR) is 109 cm³/mol. The van der Waals surface area contributed by atoms with E-state index >= 15 is 0 Å². The van der Waals surface area contributed by atoms with E-state index in [4.69, 9.17) is 0 Å². The fraction of sp³-hybridized carbons (Fsp3) is 0.409. The highest BCUT2D eigenvalue weighted by atomic mass is 15.2. The Morgan fingerprint density at radius 1 is 1.19 bits per heavy atom. The van der Waals surface area contributed by atoms with E-state index in [1.54, 1.807) is 0 Å². The summed E-state index contributed by atoms with van der Waals surface area (Å²) in [5.74, 6) is 1.26. The lowest BCUT2D eigenvalue weighted by molar-refractivity contribution is 0.250. The molecule has 0 radical (unpaired) electrons. The van der Waals surface area contributed by atoms with Gasteiger partial charge in [-0.2, -0.15) is 0 Å². The number of hydrogen-bond acceptors (Lipinski definition) is 3. The van der Waals surface area contributed by atoms with Crippen molar-refractivity contribution in [1.29, 1.82) is 0 Å². The van der Waals surface area contributed by atoms with Crippen LogP contribution < -0.4 is 4.90 Å². The van der Waals surface area contributed by atoms with Crippen LogP contribution >= 0.6 is 0 Å². The summed E-state index contributed by atoms with van der Waals surface area (Å²) in [4.78, 5) is 12.9. The van der Waals surface area contributed by atoms with Crippen molar-refractivity contribution in [2.24, 2.45) is 0 Å². The van der Waals surface area contributed by atoms with Crippen LogP contribution in [0.5, 0.6) is 0 Å². The van der Waals surface area contributed by atoms with Gasteiger partial charge in [-0.3, -0.25) is 9.88 Å². The molecule has 1 fully saturated rings. The third kappa shape index (κ3) is 3.34. The number of benzene rings is 1. The molecule has 3 heterocycles.